The van der Waals surface area contributed by atoms with Gasteiger partial charge in [0.05, 0.1) is 11.3 Å². The first-order chi connectivity index (χ1) is 9.15. The third kappa shape index (κ3) is 5.29. The first-order valence-corrected chi connectivity index (χ1v) is 8.17. The van der Waals surface area contributed by atoms with Gasteiger partial charge in [-0.25, -0.2) is 8.42 Å². The van der Waals surface area contributed by atoms with Gasteiger partial charge in [-0.2, -0.15) is 13.2 Å². The number of halogens is 4. The number of anilines is 1. The fourth-order valence-corrected chi connectivity index (χ4v) is 3.12. The summed E-state index contributed by atoms with van der Waals surface area (Å²) < 4.78 is 63.4. The van der Waals surface area contributed by atoms with Crippen LogP contribution >= 0.6 is 15.9 Å². The van der Waals surface area contributed by atoms with Crippen molar-refractivity contribution in [2.24, 2.45) is 5.73 Å². The molecule has 0 unspecified atom stereocenters. The number of unbranched alkanes of at least 4 members (excludes halogenated alkanes) is 1. The molecule has 114 valence electrons. The minimum Gasteiger partial charge on any atom is -0.330 e. The molecule has 0 amide bonds. The third-order valence-electron chi connectivity index (χ3n) is 2.41. The van der Waals surface area contributed by atoms with E-state index in [1.54, 1.807) is 0 Å². The second kappa shape index (κ2) is 6.77. The van der Waals surface area contributed by atoms with E-state index in [9.17, 15) is 21.6 Å². The smallest absolute Gasteiger partial charge is 0.330 e. The fraction of sp³-hybridized carbons (Fsp3) is 0.455. The van der Waals surface area contributed by atoms with Crippen molar-refractivity contribution >= 4 is 31.6 Å². The Labute approximate surface area is 123 Å². The normalized spacial score (nSPS) is 12.4. The van der Waals surface area contributed by atoms with Crippen molar-refractivity contribution in [3.63, 3.8) is 0 Å². The summed E-state index contributed by atoms with van der Waals surface area (Å²) in [6, 6.07) is 3.17. The first kappa shape index (κ1) is 17.3. The van der Waals surface area contributed by atoms with Crippen molar-refractivity contribution in [2.75, 3.05) is 17.0 Å². The Morgan fingerprint density at radius 2 is 1.90 bits per heavy atom. The van der Waals surface area contributed by atoms with Crippen LogP contribution in [0.1, 0.15) is 18.4 Å². The topological polar surface area (TPSA) is 72.2 Å². The number of rotatable bonds is 6. The van der Waals surface area contributed by atoms with Crippen LogP contribution in [0.4, 0.5) is 18.9 Å². The van der Waals surface area contributed by atoms with Gasteiger partial charge in [0.15, 0.2) is 0 Å². The van der Waals surface area contributed by atoms with Gasteiger partial charge < -0.3 is 5.73 Å². The van der Waals surface area contributed by atoms with Crippen LogP contribution < -0.4 is 10.5 Å². The molecule has 0 radical (unpaired) electrons. The van der Waals surface area contributed by atoms with Crippen LogP contribution in [0, 0.1) is 0 Å². The predicted octanol–water partition coefficient (Wildman–Crippen LogP) is 2.95. The molecular weight excluding hydrogens is 361 g/mol. The van der Waals surface area contributed by atoms with Crippen molar-refractivity contribution in [3.05, 3.63) is 28.2 Å². The molecular formula is C11H14BrF3N2O2S. The van der Waals surface area contributed by atoms with Gasteiger partial charge in [0.25, 0.3) is 0 Å². The highest BCUT2D eigenvalue weighted by atomic mass is 79.9. The van der Waals surface area contributed by atoms with E-state index >= 15 is 0 Å². The Morgan fingerprint density at radius 1 is 1.25 bits per heavy atom. The molecule has 0 atom stereocenters. The molecule has 0 saturated heterocycles. The molecule has 9 heteroatoms. The van der Waals surface area contributed by atoms with Crippen LogP contribution in [0.15, 0.2) is 22.7 Å². The molecule has 0 spiro atoms. The van der Waals surface area contributed by atoms with Crippen LogP contribution in [-0.2, 0) is 16.2 Å². The molecule has 0 aromatic heterocycles. The van der Waals surface area contributed by atoms with Crippen molar-refractivity contribution in [1.82, 2.24) is 0 Å². The zero-order valence-electron chi connectivity index (χ0n) is 10.4. The highest BCUT2D eigenvalue weighted by Crippen LogP contribution is 2.36. The minimum atomic E-state index is -4.56. The molecule has 0 heterocycles. The number of benzene rings is 1. The van der Waals surface area contributed by atoms with Crippen LogP contribution in [0.25, 0.3) is 0 Å². The van der Waals surface area contributed by atoms with Crippen molar-refractivity contribution in [3.8, 4) is 0 Å². The molecule has 1 aromatic carbocycles. The van der Waals surface area contributed by atoms with Crippen LogP contribution in [-0.4, -0.2) is 20.7 Å². The maximum Gasteiger partial charge on any atom is 0.417 e. The quantitative estimate of drug-likeness (QED) is 0.751. The van der Waals surface area contributed by atoms with Gasteiger partial charge in [-0.3, -0.25) is 4.72 Å². The summed E-state index contributed by atoms with van der Waals surface area (Å²) >= 11 is 2.79. The Bertz CT molecular complexity index is 561. The van der Waals surface area contributed by atoms with Crippen molar-refractivity contribution in [1.29, 1.82) is 0 Å². The van der Waals surface area contributed by atoms with Gasteiger partial charge >= 0.3 is 6.18 Å². The molecule has 0 aliphatic carbocycles. The molecule has 0 saturated carbocycles. The summed E-state index contributed by atoms with van der Waals surface area (Å²) in [5, 5.41) is 0. The average molecular weight is 375 g/mol. The van der Waals surface area contributed by atoms with Crippen molar-refractivity contribution in [2.45, 2.75) is 19.0 Å². The Kier molecular flexibility index (Phi) is 5.84. The molecule has 4 nitrogen and oxygen atoms in total. The lowest BCUT2D eigenvalue weighted by molar-refractivity contribution is -0.138. The maximum atomic E-state index is 12.7. The summed E-state index contributed by atoms with van der Waals surface area (Å²) in [4.78, 5) is 0. The van der Waals surface area contributed by atoms with E-state index in [2.05, 4.69) is 20.7 Å². The zero-order valence-corrected chi connectivity index (χ0v) is 12.8. The SMILES string of the molecule is NCCCCS(=O)(=O)Nc1ccc(Br)c(C(F)(F)F)c1. The summed E-state index contributed by atoms with van der Waals surface area (Å²) in [5.74, 6) is -0.179. The van der Waals surface area contributed by atoms with Gasteiger partial charge in [-0.15, -0.1) is 0 Å². The van der Waals surface area contributed by atoms with E-state index in [0.29, 0.717) is 19.4 Å². The van der Waals surface area contributed by atoms with Gasteiger partial charge in [-0.1, -0.05) is 15.9 Å². The Balaban J connectivity index is 2.88. The van der Waals surface area contributed by atoms with E-state index in [-0.39, 0.29) is 15.9 Å². The molecule has 0 aliphatic heterocycles. The van der Waals surface area contributed by atoms with Gasteiger partial charge in [0.1, 0.15) is 0 Å². The van der Waals surface area contributed by atoms with Crippen LogP contribution in [0.3, 0.4) is 0 Å². The minimum absolute atomic E-state index is 0.117. The lowest BCUT2D eigenvalue weighted by atomic mass is 10.2. The summed E-state index contributed by atoms with van der Waals surface area (Å²) in [6.07, 6.45) is -3.66. The molecule has 1 rings (SSSR count). The van der Waals surface area contributed by atoms with Gasteiger partial charge in [0, 0.05) is 10.2 Å². The molecule has 1 aromatic rings. The predicted molar refractivity (Wildman–Crippen MR) is 74.8 cm³/mol. The average Bonchev–Trinajstić information content (AvgIpc) is 2.30. The highest BCUT2D eigenvalue weighted by molar-refractivity contribution is 9.10. The number of nitrogens with one attached hydrogen (secondary N) is 1. The molecule has 0 fully saturated rings. The number of hydrogen-bond donors (Lipinski definition) is 2. The second-order valence-electron chi connectivity index (χ2n) is 4.11. The van der Waals surface area contributed by atoms with E-state index in [1.807, 2.05) is 0 Å². The molecule has 0 aliphatic rings. The standard InChI is InChI=1S/C11H14BrF3N2O2S/c12-10-4-3-8(7-9(10)11(13,14)15)17-20(18,19)6-2-1-5-16/h3-4,7,17H,1-2,5-6,16H2. The number of sulfonamides is 1. The first-order valence-electron chi connectivity index (χ1n) is 5.73. The van der Waals surface area contributed by atoms with Crippen LogP contribution in [0.2, 0.25) is 0 Å². The van der Waals surface area contributed by atoms with E-state index in [1.165, 1.54) is 6.07 Å². The molecule has 3 N–H and O–H groups in total. The number of nitrogens with two attached hydrogens (primary N) is 1. The summed E-state index contributed by atoms with van der Waals surface area (Å²) in [7, 11) is -3.67. The van der Waals surface area contributed by atoms with E-state index < -0.39 is 21.8 Å². The largest absolute Gasteiger partial charge is 0.417 e. The third-order valence-corrected chi connectivity index (χ3v) is 4.48. The van der Waals surface area contributed by atoms with E-state index in [0.717, 1.165) is 12.1 Å². The second-order valence-corrected chi connectivity index (χ2v) is 6.81. The molecule has 20 heavy (non-hydrogen) atoms. The summed E-state index contributed by atoms with van der Waals surface area (Å²) in [5.41, 5.74) is 4.20. The van der Waals surface area contributed by atoms with Gasteiger partial charge in [0.2, 0.25) is 10.0 Å². The fourth-order valence-electron chi connectivity index (χ4n) is 1.47. The number of alkyl halides is 3. The maximum absolute atomic E-state index is 12.7. The lowest BCUT2D eigenvalue weighted by Gasteiger charge is -2.12. The van der Waals surface area contributed by atoms with Crippen LogP contribution in [0.5, 0.6) is 0 Å². The van der Waals surface area contributed by atoms with Crippen molar-refractivity contribution < 1.29 is 21.6 Å². The lowest BCUT2D eigenvalue weighted by Crippen LogP contribution is -2.18. The highest BCUT2D eigenvalue weighted by Gasteiger charge is 2.33. The number of hydrogen-bond acceptors (Lipinski definition) is 3. The Hall–Kier alpha value is -0.800. The zero-order chi connectivity index (χ0) is 15.4. The summed E-state index contributed by atoms with van der Waals surface area (Å²) in [6.45, 7) is 0.367. The molecule has 0 bridgehead atoms. The Morgan fingerprint density at radius 3 is 2.45 bits per heavy atom. The van der Waals surface area contributed by atoms with E-state index in [4.69, 9.17) is 5.73 Å². The monoisotopic (exact) mass is 374 g/mol. The van der Waals surface area contributed by atoms with Gasteiger partial charge in [-0.05, 0) is 37.6 Å².